The van der Waals surface area contributed by atoms with Crippen LogP contribution in [0.15, 0.2) is 41.4 Å². The molecule has 0 saturated carbocycles. The number of guanidine groups is 1. The molecule has 1 heterocycles. The van der Waals surface area contributed by atoms with E-state index in [0.717, 1.165) is 11.0 Å². The number of likely N-dealkylation sites (N-methyl/N-ethyl adjacent to an activating group) is 1. The second-order valence-corrected chi connectivity index (χ2v) is 7.12. The molecule has 0 fully saturated rings. The van der Waals surface area contributed by atoms with E-state index in [4.69, 9.17) is 5.73 Å². The zero-order chi connectivity index (χ0) is 24.2. The molecule has 174 valence electrons. The predicted octanol–water partition coefficient (Wildman–Crippen LogP) is 3.68. The highest BCUT2D eigenvalue weighted by molar-refractivity contribution is 6.09. The zero-order valence-electron chi connectivity index (χ0n) is 17.5. The lowest BCUT2D eigenvalue weighted by atomic mass is 9.81. The number of nitrogens with zero attached hydrogens (tertiary/aromatic N) is 2. The molecule has 2 aromatic rings. The summed E-state index contributed by atoms with van der Waals surface area (Å²) in [4.78, 5) is 18.8. The third-order valence-electron chi connectivity index (χ3n) is 5.12. The number of amides is 1. The molecule has 1 aliphatic rings. The van der Waals surface area contributed by atoms with Crippen molar-refractivity contribution in [3.8, 4) is 17.6 Å². The van der Waals surface area contributed by atoms with Gasteiger partial charge in [-0.2, -0.15) is 8.78 Å². The molecule has 0 aliphatic carbocycles. The second kappa shape index (κ2) is 9.90. The van der Waals surface area contributed by atoms with E-state index in [1.54, 1.807) is 0 Å². The number of aryl methyl sites for hydroxylation is 1. The lowest BCUT2D eigenvalue weighted by Crippen LogP contribution is -2.41. The van der Waals surface area contributed by atoms with Gasteiger partial charge in [-0.1, -0.05) is 24.0 Å². The van der Waals surface area contributed by atoms with Gasteiger partial charge in [-0.25, -0.2) is 9.38 Å². The third kappa shape index (κ3) is 4.62. The van der Waals surface area contributed by atoms with E-state index in [2.05, 4.69) is 21.6 Å². The Bertz CT molecular complexity index is 1140. The number of rotatable bonds is 7. The molecule has 0 bridgehead atoms. The lowest BCUT2D eigenvalue weighted by molar-refractivity contribution is -0.129. The minimum absolute atomic E-state index is 0.0851. The normalized spacial score (nSPS) is 17.7. The number of aliphatic imine (C=N–C) groups is 1. The van der Waals surface area contributed by atoms with E-state index in [9.17, 15) is 26.7 Å². The van der Waals surface area contributed by atoms with Gasteiger partial charge in [0, 0.05) is 19.9 Å². The van der Waals surface area contributed by atoms with Gasteiger partial charge in [0.05, 0.1) is 12.2 Å². The maximum atomic E-state index is 14.3. The SMILES string of the molecule is CN1C(=O)C(c2ccc(F)c(C#CCCF)c2)(c2ccc(OC(F)F)c(CCF)c2)N=C1N. The summed E-state index contributed by atoms with van der Waals surface area (Å²) in [5, 5.41) is 0. The first-order valence-electron chi connectivity index (χ1n) is 9.87. The van der Waals surface area contributed by atoms with Gasteiger partial charge in [0.1, 0.15) is 18.2 Å². The quantitative estimate of drug-likeness (QED) is 0.501. The summed E-state index contributed by atoms with van der Waals surface area (Å²) in [6.45, 7) is -4.69. The average Bonchev–Trinajstić information content (AvgIpc) is 3.01. The van der Waals surface area contributed by atoms with Crippen LogP contribution < -0.4 is 10.5 Å². The number of ether oxygens (including phenoxy) is 1. The van der Waals surface area contributed by atoms with Crippen LogP contribution in [0.25, 0.3) is 0 Å². The third-order valence-corrected chi connectivity index (χ3v) is 5.12. The summed E-state index contributed by atoms with van der Waals surface area (Å²) < 4.78 is 69.8. The summed E-state index contributed by atoms with van der Waals surface area (Å²) >= 11 is 0. The van der Waals surface area contributed by atoms with Gasteiger partial charge in [-0.15, -0.1) is 0 Å². The summed E-state index contributed by atoms with van der Waals surface area (Å²) in [5.74, 6) is 3.36. The minimum atomic E-state index is -3.13. The minimum Gasteiger partial charge on any atom is -0.435 e. The van der Waals surface area contributed by atoms with Crippen molar-refractivity contribution < 1.29 is 31.5 Å². The number of carbonyl (C=O) groups excluding carboxylic acids is 1. The van der Waals surface area contributed by atoms with Crippen molar-refractivity contribution in [3.05, 3.63) is 64.5 Å². The van der Waals surface area contributed by atoms with Crippen molar-refractivity contribution in [1.82, 2.24) is 4.90 Å². The van der Waals surface area contributed by atoms with Crippen LogP contribution in [0.5, 0.6) is 5.75 Å². The van der Waals surface area contributed by atoms with Crippen LogP contribution in [0, 0.1) is 17.7 Å². The Hall–Kier alpha value is -3.61. The molecule has 33 heavy (non-hydrogen) atoms. The Morgan fingerprint density at radius 2 is 1.85 bits per heavy atom. The van der Waals surface area contributed by atoms with Crippen molar-refractivity contribution in [2.75, 3.05) is 20.4 Å². The van der Waals surface area contributed by atoms with E-state index in [1.165, 1.54) is 37.4 Å². The fourth-order valence-corrected chi connectivity index (χ4v) is 3.55. The molecule has 1 aliphatic heterocycles. The molecular weight excluding hydrogens is 445 g/mol. The first kappa shape index (κ1) is 24.0. The van der Waals surface area contributed by atoms with Crippen molar-refractivity contribution in [3.63, 3.8) is 0 Å². The van der Waals surface area contributed by atoms with Crippen LogP contribution >= 0.6 is 0 Å². The Morgan fingerprint density at radius 1 is 1.15 bits per heavy atom. The zero-order valence-corrected chi connectivity index (χ0v) is 17.5. The van der Waals surface area contributed by atoms with Gasteiger partial charge in [0.15, 0.2) is 11.5 Å². The molecule has 0 saturated heterocycles. The largest absolute Gasteiger partial charge is 0.435 e. The van der Waals surface area contributed by atoms with E-state index in [0.29, 0.717) is 0 Å². The summed E-state index contributed by atoms with van der Waals surface area (Å²) in [7, 11) is 1.39. The molecule has 10 heteroatoms. The molecule has 1 unspecified atom stereocenters. The molecule has 0 spiro atoms. The van der Waals surface area contributed by atoms with Gasteiger partial charge in [-0.3, -0.25) is 18.5 Å². The van der Waals surface area contributed by atoms with Crippen LogP contribution in [-0.2, 0) is 16.8 Å². The number of benzene rings is 2. The summed E-state index contributed by atoms with van der Waals surface area (Å²) in [5.41, 5.74) is 4.51. The van der Waals surface area contributed by atoms with Crippen molar-refractivity contribution >= 4 is 11.9 Å². The summed E-state index contributed by atoms with van der Waals surface area (Å²) in [6, 6.07) is 7.57. The van der Waals surface area contributed by atoms with Gasteiger partial charge in [0.25, 0.3) is 5.91 Å². The highest BCUT2D eigenvalue weighted by Gasteiger charge is 2.50. The second-order valence-electron chi connectivity index (χ2n) is 7.12. The number of carbonyl (C=O) groups is 1. The number of alkyl halides is 4. The Morgan fingerprint density at radius 3 is 2.45 bits per heavy atom. The predicted molar refractivity (Wildman–Crippen MR) is 112 cm³/mol. The molecule has 3 rings (SSSR count). The average molecular weight is 465 g/mol. The Labute approximate surface area is 187 Å². The Kier molecular flexibility index (Phi) is 7.21. The molecule has 2 N–H and O–H groups in total. The molecular formula is C23H20F5N3O2. The molecule has 5 nitrogen and oxygen atoms in total. The van der Waals surface area contributed by atoms with Crippen molar-refractivity contribution in [2.24, 2.45) is 10.7 Å². The van der Waals surface area contributed by atoms with Crippen LogP contribution in [0.2, 0.25) is 0 Å². The standard InChI is InChI=1S/C23H20F5N3O2/c1-31-20(32)23(30-22(31)29,16-5-7-18(26)14(12-16)4-2-3-10-24)17-6-8-19(33-21(27)28)15(13-17)9-11-25/h5-8,12-13,21H,3,9-11H2,1H3,(H2,29,30). The number of hydrogen-bond acceptors (Lipinski definition) is 4. The van der Waals surface area contributed by atoms with Crippen LogP contribution in [0.1, 0.15) is 28.7 Å². The Balaban J connectivity index is 2.23. The maximum Gasteiger partial charge on any atom is 0.387 e. The van der Waals surface area contributed by atoms with Crippen molar-refractivity contribution in [2.45, 2.75) is 25.0 Å². The maximum absolute atomic E-state index is 14.3. The molecule has 1 atom stereocenters. The molecule has 0 radical (unpaired) electrons. The van der Waals surface area contributed by atoms with Gasteiger partial charge in [0.2, 0.25) is 0 Å². The topological polar surface area (TPSA) is 67.9 Å². The van der Waals surface area contributed by atoms with Crippen molar-refractivity contribution in [1.29, 1.82) is 0 Å². The van der Waals surface area contributed by atoms with Gasteiger partial charge >= 0.3 is 6.61 Å². The number of hydrogen-bond donors (Lipinski definition) is 1. The summed E-state index contributed by atoms with van der Waals surface area (Å²) in [6.07, 6.45) is -0.349. The van der Waals surface area contributed by atoms with Gasteiger partial charge < -0.3 is 10.5 Å². The van der Waals surface area contributed by atoms with Crippen LogP contribution in [0.4, 0.5) is 22.0 Å². The first-order chi connectivity index (χ1) is 15.7. The molecule has 1 amide bonds. The lowest BCUT2D eigenvalue weighted by Gasteiger charge is -2.27. The van der Waals surface area contributed by atoms with E-state index < -0.39 is 37.2 Å². The highest BCUT2D eigenvalue weighted by atomic mass is 19.3. The smallest absolute Gasteiger partial charge is 0.387 e. The monoisotopic (exact) mass is 465 g/mol. The highest BCUT2D eigenvalue weighted by Crippen LogP contribution is 2.41. The van der Waals surface area contributed by atoms with E-state index in [-0.39, 0.29) is 46.8 Å². The fraction of sp³-hybridized carbons (Fsp3) is 0.304. The fourth-order valence-electron chi connectivity index (χ4n) is 3.55. The van der Waals surface area contributed by atoms with E-state index in [1.807, 2.05) is 0 Å². The number of nitrogens with two attached hydrogens (primary N) is 1. The van der Waals surface area contributed by atoms with Crippen LogP contribution in [-0.4, -0.2) is 43.8 Å². The molecule has 0 aromatic heterocycles. The van der Waals surface area contributed by atoms with Gasteiger partial charge in [-0.05, 0) is 41.0 Å². The van der Waals surface area contributed by atoms with E-state index >= 15 is 0 Å². The van der Waals surface area contributed by atoms with Crippen LogP contribution in [0.3, 0.4) is 0 Å². The first-order valence-corrected chi connectivity index (χ1v) is 9.87. The molecule has 2 aromatic carbocycles. The number of halogens is 5.